The summed E-state index contributed by atoms with van der Waals surface area (Å²) in [6, 6.07) is 7.32. The number of carbonyl (C=O) groups is 1. The van der Waals surface area contributed by atoms with Crippen molar-refractivity contribution in [2.24, 2.45) is 11.3 Å². The molecule has 3 nitrogen and oxygen atoms in total. The second kappa shape index (κ2) is 10.2. The number of ketones is 1. The highest BCUT2D eigenvalue weighted by Gasteiger charge is 2.42. The van der Waals surface area contributed by atoms with E-state index in [1.807, 2.05) is 19.1 Å². The minimum absolute atomic E-state index is 0.208. The molecule has 1 aromatic rings. The van der Waals surface area contributed by atoms with Crippen molar-refractivity contribution < 1.29 is 23.4 Å². The van der Waals surface area contributed by atoms with E-state index in [2.05, 4.69) is 13.5 Å². The molecule has 31 heavy (non-hydrogen) atoms. The van der Waals surface area contributed by atoms with E-state index in [9.17, 15) is 18.7 Å². The highest BCUT2D eigenvalue weighted by atomic mass is 19.3. The van der Waals surface area contributed by atoms with Gasteiger partial charge in [0.05, 0.1) is 5.60 Å². The summed E-state index contributed by atoms with van der Waals surface area (Å²) in [5.41, 5.74) is -0.0301. The Bertz CT molecular complexity index is 742. The Morgan fingerprint density at radius 1 is 1.19 bits per heavy atom. The summed E-state index contributed by atoms with van der Waals surface area (Å²) in [7, 11) is 0. The van der Waals surface area contributed by atoms with E-state index in [0.717, 1.165) is 44.1 Å². The Morgan fingerprint density at radius 3 is 2.26 bits per heavy atom. The molecule has 1 unspecified atom stereocenters. The number of rotatable bonds is 11. The monoisotopic (exact) mass is 436 g/mol. The number of halogens is 2. The minimum Gasteiger partial charge on any atom is -0.487 e. The van der Waals surface area contributed by atoms with Crippen LogP contribution in [0.25, 0.3) is 0 Å². The normalized spacial score (nSPS) is 25.1. The second-order valence-electron chi connectivity index (χ2n) is 9.77. The smallest absolute Gasteiger partial charge is 0.302 e. The number of hydrogen-bond donors (Lipinski definition) is 1. The lowest BCUT2D eigenvalue weighted by Crippen LogP contribution is -2.41. The van der Waals surface area contributed by atoms with E-state index in [1.54, 1.807) is 19.1 Å². The molecule has 0 radical (unpaired) electrons. The predicted molar refractivity (Wildman–Crippen MR) is 121 cm³/mol. The lowest BCUT2D eigenvalue weighted by atomic mass is 9.64. The molecule has 0 spiro atoms. The van der Waals surface area contributed by atoms with Gasteiger partial charge in [0, 0.05) is 5.41 Å². The van der Waals surface area contributed by atoms with Gasteiger partial charge in [-0.05, 0) is 94.9 Å². The summed E-state index contributed by atoms with van der Waals surface area (Å²) in [5, 5.41) is 10.3. The van der Waals surface area contributed by atoms with Crippen LogP contribution in [0.4, 0.5) is 8.78 Å². The first kappa shape index (κ1) is 25.5. The average Bonchev–Trinajstić information content (AvgIpc) is 2.71. The lowest BCUT2D eigenvalue weighted by Gasteiger charge is -2.42. The average molecular weight is 437 g/mol. The number of alkyl halides is 2. The van der Waals surface area contributed by atoms with Gasteiger partial charge in [0.2, 0.25) is 0 Å². The molecule has 0 bridgehead atoms. The van der Waals surface area contributed by atoms with Crippen LogP contribution in [0, 0.1) is 11.3 Å². The van der Waals surface area contributed by atoms with E-state index in [4.69, 9.17) is 4.74 Å². The molecule has 2 rings (SSSR count). The van der Waals surface area contributed by atoms with Crippen molar-refractivity contribution in [1.82, 2.24) is 0 Å². The maximum Gasteiger partial charge on any atom is 0.302 e. The van der Waals surface area contributed by atoms with Crippen LogP contribution in [0.2, 0.25) is 0 Å². The van der Waals surface area contributed by atoms with E-state index >= 15 is 0 Å². The van der Waals surface area contributed by atoms with Crippen LogP contribution in [0.1, 0.15) is 78.2 Å². The van der Waals surface area contributed by atoms with Gasteiger partial charge in [-0.1, -0.05) is 32.1 Å². The van der Waals surface area contributed by atoms with Gasteiger partial charge in [0.1, 0.15) is 11.5 Å². The van der Waals surface area contributed by atoms with Gasteiger partial charge in [-0.3, -0.25) is 4.79 Å². The molecule has 1 aromatic carbocycles. The Hall–Kier alpha value is -1.75. The standard InChI is InChI=1S/C26H38F2O3/c1-6-21(11-12-25(20(4)29)15-13-24(5,30)14-16-25)17-22-7-9-23(10-8-22)31-18-26(27,28)19(2)3/h7-10,21,30H,2,6,11-18H2,1,3-5H3. The minimum atomic E-state index is -3.04. The zero-order valence-corrected chi connectivity index (χ0v) is 19.5. The molecular formula is C26H38F2O3. The van der Waals surface area contributed by atoms with Gasteiger partial charge in [-0.2, -0.15) is 8.78 Å². The van der Waals surface area contributed by atoms with E-state index in [0.29, 0.717) is 24.5 Å². The lowest BCUT2D eigenvalue weighted by molar-refractivity contribution is -0.132. The molecule has 5 heteroatoms. The van der Waals surface area contributed by atoms with E-state index in [1.165, 1.54) is 6.92 Å². The molecule has 0 aliphatic heterocycles. The molecule has 1 fully saturated rings. The molecule has 0 aromatic heterocycles. The maximum absolute atomic E-state index is 13.6. The first-order valence-corrected chi connectivity index (χ1v) is 11.4. The first-order valence-electron chi connectivity index (χ1n) is 11.4. The van der Waals surface area contributed by atoms with E-state index in [-0.39, 0.29) is 16.8 Å². The van der Waals surface area contributed by atoms with Crippen LogP contribution in [-0.4, -0.2) is 29.0 Å². The fraction of sp³-hybridized carbons (Fsp3) is 0.654. The molecule has 1 atom stereocenters. The summed E-state index contributed by atoms with van der Waals surface area (Å²) in [4.78, 5) is 12.4. The van der Waals surface area contributed by atoms with Crippen molar-refractivity contribution in [3.05, 3.63) is 42.0 Å². The van der Waals surface area contributed by atoms with Crippen LogP contribution in [0.5, 0.6) is 5.75 Å². The summed E-state index contributed by atoms with van der Waals surface area (Å²) >= 11 is 0. The molecule has 1 aliphatic rings. The van der Waals surface area contributed by atoms with Crippen molar-refractivity contribution >= 4 is 5.78 Å². The second-order valence-corrected chi connectivity index (χ2v) is 9.77. The van der Waals surface area contributed by atoms with Gasteiger partial charge >= 0.3 is 5.92 Å². The van der Waals surface area contributed by atoms with Crippen molar-refractivity contribution in [2.75, 3.05) is 6.61 Å². The van der Waals surface area contributed by atoms with Crippen LogP contribution in [0.3, 0.4) is 0 Å². The molecule has 1 saturated carbocycles. The summed E-state index contributed by atoms with van der Waals surface area (Å²) < 4.78 is 32.5. The molecule has 1 aliphatic carbocycles. The third kappa shape index (κ3) is 7.13. The zero-order valence-electron chi connectivity index (χ0n) is 19.5. The van der Waals surface area contributed by atoms with Gasteiger partial charge in [-0.15, -0.1) is 0 Å². The Balaban J connectivity index is 1.92. The fourth-order valence-electron chi connectivity index (χ4n) is 4.33. The quantitative estimate of drug-likeness (QED) is 0.401. The highest BCUT2D eigenvalue weighted by Crippen LogP contribution is 2.45. The summed E-state index contributed by atoms with van der Waals surface area (Å²) in [5.74, 6) is -1.93. The Labute approximate surface area is 185 Å². The van der Waals surface area contributed by atoms with Gasteiger partial charge < -0.3 is 9.84 Å². The third-order valence-corrected chi connectivity index (χ3v) is 7.13. The van der Waals surface area contributed by atoms with Crippen molar-refractivity contribution in [2.45, 2.75) is 90.6 Å². The third-order valence-electron chi connectivity index (χ3n) is 7.13. The van der Waals surface area contributed by atoms with Gasteiger partial charge in [0.25, 0.3) is 0 Å². The Morgan fingerprint density at radius 2 is 1.77 bits per heavy atom. The Kier molecular flexibility index (Phi) is 8.43. The molecule has 1 N–H and O–H groups in total. The molecule has 0 saturated heterocycles. The number of hydrogen-bond acceptors (Lipinski definition) is 3. The van der Waals surface area contributed by atoms with Crippen molar-refractivity contribution in [3.63, 3.8) is 0 Å². The summed E-state index contributed by atoms with van der Waals surface area (Å²) in [6.45, 7) is 9.60. The van der Waals surface area contributed by atoms with Gasteiger partial charge in [-0.25, -0.2) is 0 Å². The number of aliphatic hydroxyl groups is 1. The van der Waals surface area contributed by atoms with Crippen molar-refractivity contribution in [3.8, 4) is 5.75 Å². The topological polar surface area (TPSA) is 46.5 Å². The number of carbonyl (C=O) groups excluding carboxylic acids is 1. The fourth-order valence-corrected chi connectivity index (χ4v) is 4.33. The first-order chi connectivity index (χ1) is 14.4. The predicted octanol–water partition coefficient (Wildman–Crippen LogP) is 6.53. The van der Waals surface area contributed by atoms with Gasteiger partial charge in [0.15, 0.2) is 6.61 Å². The molecule has 0 amide bonds. The SMILES string of the molecule is C=C(C)C(F)(F)COc1ccc(CC(CC)CCC2(C(C)=O)CCC(C)(O)CC2)cc1. The zero-order chi connectivity index (χ0) is 23.3. The number of benzene rings is 1. The van der Waals surface area contributed by atoms with E-state index < -0.39 is 18.1 Å². The van der Waals surface area contributed by atoms with Crippen molar-refractivity contribution in [1.29, 1.82) is 0 Å². The largest absolute Gasteiger partial charge is 0.487 e. The van der Waals surface area contributed by atoms with Crippen LogP contribution < -0.4 is 4.74 Å². The maximum atomic E-state index is 13.6. The van der Waals surface area contributed by atoms with Crippen LogP contribution >= 0.6 is 0 Å². The summed E-state index contributed by atoms with van der Waals surface area (Å²) in [6.07, 6.45) is 6.57. The highest BCUT2D eigenvalue weighted by molar-refractivity contribution is 5.82. The molecule has 0 heterocycles. The van der Waals surface area contributed by atoms with Crippen LogP contribution in [-0.2, 0) is 11.2 Å². The molecule has 174 valence electrons. The molecular weight excluding hydrogens is 398 g/mol. The number of Topliss-reactive ketones (excluding diaryl/α,β-unsaturated/α-hetero) is 1. The number of ether oxygens (including phenoxy) is 1. The van der Waals surface area contributed by atoms with Crippen LogP contribution in [0.15, 0.2) is 36.4 Å².